The Kier molecular flexibility index (Phi) is 20.0. The summed E-state index contributed by atoms with van der Waals surface area (Å²) in [6, 6.07) is 38.2. The smallest absolute Gasteiger partial charge is 0.274 e. The van der Waals surface area contributed by atoms with E-state index in [1.54, 1.807) is 84.7 Å². The van der Waals surface area contributed by atoms with Gasteiger partial charge in [0.2, 0.25) is 0 Å². The van der Waals surface area contributed by atoms with Crippen molar-refractivity contribution in [1.82, 2.24) is 45.5 Å². The van der Waals surface area contributed by atoms with Gasteiger partial charge in [-0.2, -0.15) is 10.2 Å². The molecule has 2 amide bonds. The Labute approximate surface area is 459 Å². The minimum Gasteiger partial charge on any atom is -0.329 e. The zero-order chi connectivity index (χ0) is 55.7. The second kappa shape index (κ2) is 27.8. The lowest BCUT2D eigenvalue weighted by molar-refractivity contribution is 0.101. The molecular formula is C60H67F2N15O2. The summed E-state index contributed by atoms with van der Waals surface area (Å²) in [7, 11) is 0. The first-order valence-electron chi connectivity index (χ1n) is 26.5. The van der Waals surface area contributed by atoms with E-state index in [-0.39, 0.29) is 29.2 Å². The van der Waals surface area contributed by atoms with Gasteiger partial charge in [0.05, 0.1) is 64.2 Å². The van der Waals surface area contributed by atoms with Crippen molar-refractivity contribution in [3.8, 4) is 11.4 Å². The highest BCUT2D eigenvalue weighted by molar-refractivity contribution is 6.04. The van der Waals surface area contributed by atoms with Gasteiger partial charge in [0, 0.05) is 45.1 Å². The Morgan fingerprint density at radius 3 is 1.53 bits per heavy atom. The van der Waals surface area contributed by atoms with Crippen LogP contribution in [0.1, 0.15) is 98.2 Å². The molecule has 2 aliphatic rings. The molecule has 19 heteroatoms. The number of carbonyl (C=O) groups is 2. The van der Waals surface area contributed by atoms with Crippen molar-refractivity contribution in [2.75, 3.05) is 49.9 Å². The largest absolute Gasteiger partial charge is 0.329 e. The molecule has 4 aromatic carbocycles. The van der Waals surface area contributed by atoms with E-state index in [4.69, 9.17) is 23.8 Å². The molecule has 0 bridgehead atoms. The number of nitrogens with zero attached hydrogens (tertiary/aromatic N) is 7. The summed E-state index contributed by atoms with van der Waals surface area (Å²) in [6.45, 7) is 16.1. The third-order valence-corrected chi connectivity index (χ3v) is 13.1. The van der Waals surface area contributed by atoms with Gasteiger partial charge in [0.1, 0.15) is 23.0 Å². The molecule has 4 aromatic heterocycles. The highest BCUT2D eigenvalue weighted by Crippen LogP contribution is 2.33. The van der Waals surface area contributed by atoms with Crippen molar-refractivity contribution in [3.05, 3.63) is 220 Å². The molecule has 11 N–H and O–H groups in total. The van der Waals surface area contributed by atoms with Crippen LogP contribution in [0.25, 0.3) is 16.2 Å². The number of hydrogen-bond donors (Lipinski definition) is 8. The predicted octanol–water partition coefficient (Wildman–Crippen LogP) is 8.62. The molecule has 2 aliphatic carbocycles. The zero-order valence-electron chi connectivity index (χ0n) is 44.4. The van der Waals surface area contributed by atoms with E-state index >= 15 is 0 Å². The lowest BCUT2D eigenvalue weighted by Crippen LogP contribution is -2.27. The van der Waals surface area contributed by atoms with Crippen molar-refractivity contribution in [2.24, 2.45) is 29.0 Å². The maximum atomic E-state index is 14.9. The molecule has 0 saturated heterocycles. The van der Waals surface area contributed by atoms with Gasteiger partial charge < -0.3 is 43.8 Å². The number of nitrogens with two attached hydrogens (primary N) is 3. The number of anilines is 2. The van der Waals surface area contributed by atoms with E-state index in [0.717, 1.165) is 54.3 Å². The van der Waals surface area contributed by atoms with Gasteiger partial charge in [-0.1, -0.05) is 48.5 Å². The minimum atomic E-state index is -0.535. The number of rotatable bonds is 21. The Morgan fingerprint density at radius 2 is 1.10 bits per heavy atom. The molecule has 2 atom stereocenters. The number of aryl methyl sites for hydroxylation is 2. The first kappa shape index (κ1) is 56.8. The summed E-state index contributed by atoms with van der Waals surface area (Å²) in [5, 5.41) is 24.5. The topological polar surface area (TPSA) is 238 Å². The number of carbonyl (C=O) groups excluding carboxylic acids is 2. The number of pyridine rings is 2. The van der Waals surface area contributed by atoms with Crippen LogP contribution in [0.3, 0.4) is 0 Å². The standard InChI is InChI=1S/C28H25FN6O.C28H29FN6O.C4H13N3/c1-18-14-26(35(34-18)22-7-5-6-21(16-22)30-2)28(36)33-25-15-20(11-12-23(25)29)27(32-17-19-9-10-19)24-8-3-4-13-31-24;1-18-13-26(35(34-18)22-6-4-5-20(14-22)16-30)28(36)33-25-15-21(10-11-23(25)29)27(32-17-19-8-9-19)24-7-2-3-12-31-24;5-1-3-7-4-2-6/h3-8,11-16,19,27,32H,9-10,17H2,1H3,(H,33,36);2-7,10-15,19,27,32H,8-9,16-17,30H2,1H3,(H,33,36);7H,1-6H2. The van der Waals surface area contributed by atoms with E-state index in [2.05, 4.69) is 51.6 Å². The SMILES string of the molecule is Cc1cc(C(=O)Nc2cc(C(NCC3CC3)c3ccccn3)ccc2F)n(-c2cccc(CN)c2)n1.NCCNCCN.[C-]#[N+]c1cccc(-n2nc(C)cc2C(=O)Nc2cc(C(NCC3CC3)c3ccccn3)ccc2F)c1. The van der Waals surface area contributed by atoms with E-state index < -0.39 is 23.4 Å². The van der Waals surface area contributed by atoms with Crippen LogP contribution in [0, 0.1) is 43.9 Å². The summed E-state index contributed by atoms with van der Waals surface area (Å²) in [5.41, 5.74) is 24.1. The molecule has 79 heavy (non-hydrogen) atoms. The van der Waals surface area contributed by atoms with Crippen molar-refractivity contribution in [2.45, 2.75) is 58.2 Å². The highest BCUT2D eigenvalue weighted by atomic mass is 19.1. The Balaban J connectivity index is 0.000000186. The molecule has 0 aliphatic heterocycles. The van der Waals surface area contributed by atoms with Crippen molar-refractivity contribution in [3.63, 3.8) is 0 Å². The van der Waals surface area contributed by atoms with Gasteiger partial charge in [-0.15, -0.1) is 0 Å². The minimum absolute atomic E-state index is 0.0759. The van der Waals surface area contributed by atoms with Crippen LogP contribution in [-0.2, 0) is 6.54 Å². The second-order valence-corrected chi connectivity index (χ2v) is 19.5. The average Bonchev–Trinajstić information content (AvgIpc) is 4.44. The van der Waals surface area contributed by atoms with Crippen LogP contribution in [0.2, 0.25) is 0 Å². The predicted molar refractivity (Wildman–Crippen MR) is 304 cm³/mol. The molecule has 2 saturated carbocycles. The van der Waals surface area contributed by atoms with Gasteiger partial charge in [-0.05, 0) is 166 Å². The second-order valence-electron chi connectivity index (χ2n) is 19.5. The number of aromatic nitrogens is 6. The quantitative estimate of drug-likeness (QED) is 0.0249. The van der Waals surface area contributed by atoms with E-state index in [1.807, 2.05) is 67.6 Å². The molecule has 4 heterocycles. The molecule has 0 radical (unpaired) electrons. The van der Waals surface area contributed by atoms with Gasteiger partial charge in [-0.25, -0.2) is 23.0 Å². The van der Waals surface area contributed by atoms with Crippen LogP contribution in [-0.4, -0.2) is 80.6 Å². The average molecular weight is 1070 g/mol. The van der Waals surface area contributed by atoms with Crippen molar-refractivity contribution < 1.29 is 18.4 Å². The third-order valence-electron chi connectivity index (χ3n) is 13.1. The number of benzene rings is 4. The number of hydrogen-bond acceptors (Lipinski definition) is 12. The Hall–Kier alpha value is -8.35. The summed E-state index contributed by atoms with van der Waals surface area (Å²) in [5.74, 6) is -0.683. The first-order valence-corrected chi connectivity index (χ1v) is 26.5. The fourth-order valence-electron chi connectivity index (χ4n) is 8.66. The highest BCUT2D eigenvalue weighted by Gasteiger charge is 2.27. The van der Waals surface area contributed by atoms with E-state index in [0.29, 0.717) is 65.6 Å². The van der Waals surface area contributed by atoms with E-state index in [1.165, 1.54) is 42.5 Å². The van der Waals surface area contributed by atoms with Gasteiger partial charge in [-0.3, -0.25) is 19.6 Å². The van der Waals surface area contributed by atoms with Gasteiger partial charge in [0.25, 0.3) is 11.8 Å². The van der Waals surface area contributed by atoms with Crippen LogP contribution in [0.5, 0.6) is 0 Å². The monoisotopic (exact) mass is 1070 g/mol. The Bertz CT molecular complexity index is 3330. The molecule has 0 spiro atoms. The van der Waals surface area contributed by atoms with Gasteiger partial charge >= 0.3 is 0 Å². The molecule has 408 valence electrons. The fraction of sp³-hybridized carbons (Fsp3) is 0.283. The van der Waals surface area contributed by atoms with Crippen LogP contribution in [0.4, 0.5) is 25.8 Å². The van der Waals surface area contributed by atoms with E-state index in [9.17, 15) is 18.4 Å². The Morgan fingerprint density at radius 1 is 0.620 bits per heavy atom. The molecule has 10 rings (SSSR count). The maximum absolute atomic E-state index is 14.9. The normalized spacial score (nSPS) is 13.4. The molecule has 2 fully saturated rings. The summed E-state index contributed by atoms with van der Waals surface area (Å²) >= 11 is 0. The van der Waals surface area contributed by atoms with Gasteiger partial charge in [0.15, 0.2) is 5.69 Å². The number of nitrogens with one attached hydrogen (secondary N) is 5. The number of amides is 2. The summed E-state index contributed by atoms with van der Waals surface area (Å²) < 4.78 is 32.8. The molecule has 2 unspecified atom stereocenters. The summed E-state index contributed by atoms with van der Waals surface area (Å²) in [6.07, 6.45) is 8.33. The fourth-order valence-corrected chi connectivity index (χ4v) is 8.66. The lowest BCUT2D eigenvalue weighted by Gasteiger charge is -2.20. The van der Waals surface area contributed by atoms with Crippen molar-refractivity contribution in [1.29, 1.82) is 0 Å². The molecular weight excluding hydrogens is 1000 g/mol. The number of halogens is 2. The van der Waals surface area contributed by atoms with Crippen LogP contribution < -0.4 is 43.8 Å². The van der Waals surface area contributed by atoms with Crippen LogP contribution >= 0.6 is 0 Å². The molecule has 8 aromatic rings. The first-order chi connectivity index (χ1) is 38.4. The maximum Gasteiger partial charge on any atom is 0.274 e. The zero-order valence-corrected chi connectivity index (χ0v) is 44.4. The van der Waals surface area contributed by atoms with Crippen molar-refractivity contribution >= 4 is 28.9 Å². The lowest BCUT2D eigenvalue weighted by atomic mass is 10.0. The van der Waals surface area contributed by atoms with Crippen LogP contribution in [0.15, 0.2) is 146 Å². The molecule has 17 nitrogen and oxygen atoms in total. The summed E-state index contributed by atoms with van der Waals surface area (Å²) in [4.78, 5) is 39.0. The third kappa shape index (κ3) is 15.9.